The quantitative estimate of drug-likeness (QED) is 0.775. The SMILES string of the molecule is COC(=O)C1(CC(=O)OC(C)(C)C)CCC(O)C1. The first kappa shape index (κ1) is 15.0. The highest BCUT2D eigenvalue weighted by molar-refractivity contribution is 5.84. The summed E-state index contributed by atoms with van der Waals surface area (Å²) < 4.78 is 9.99. The first-order chi connectivity index (χ1) is 8.18. The van der Waals surface area contributed by atoms with Crippen LogP contribution in [0.2, 0.25) is 0 Å². The molecule has 0 bridgehead atoms. The van der Waals surface area contributed by atoms with Crippen molar-refractivity contribution in [3.63, 3.8) is 0 Å². The molecule has 5 nitrogen and oxygen atoms in total. The fraction of sp³-hybridized carbons (Fsp3) is 0.846. The van der Waals surface area contributed by atoms with Gasteiger partial charge in [0, 0.05) is 0 Å². The summed E-state index contributed by atoms with van der Waals surface area (Å²) in [6.07, 6.45) is 0.650. The molecule has 1 N–H and O–H groups in total. The number of aliphatic hydroxyl groups is 1. The van der Waals surface area contributed by atoms with Crippen LogP contribution in [-0.4, -0.2) is 35.9 Å². The second-order valence-electron chi connectivity index (χ2n) is 5.93. The van der Waals surface area contributed by atoms with Crippen LogP contribution < -0.4 is 0 Å². The predicted octanol–water partition coefficient (Wildman–Crippen LogP) is 1.42. The number of hydrogen-bond acceptors (Lipinski definition) is 5. The lowest BCUT2D eigenvalue weighted by molar-refractivity contribution is -0.166. The summed E-state index contributed by atoms with van der Waals surface area (Å²) in [6, 6.07) is 0. The van der Waals surface area contributed by atoms with Crippen LogP contribution in [0.5, 0.6) is 0 Å². The van der Waals surface area contributed by atoms with E-state index in [0.717, 1.165) is 0 Å². The van der Waals surface area contributed by atoms with Crippen molar-refractivity contribution in [2.75, 3.05) is 7.11 Å². The molecule has 1 saturated carbocycles. The van der Waals surface area contributed by atoms with Gasteiger partial charge in [0.05, 0.1) is 25.0 Å². The molecule has 0 aromatic rings. The summed E-state index contributed by atoms with van der Waals surface area (Å²) in [4.78, 5) is 23.7. The Labute approximate surface area is 107 Å². The normalized spacial score (nSPS) is 27.9. The molecule has 2 unspecified atom stereocenters. The van der Waals surface area contributed by atoms with E-state index in [-0.39, 0.29) is 12.8 Å². The number of hydrogen-bond donors (Lipinski definition) is 1. The van der Waals surface area contributed by atoms with Gasteiger partial charge in [-0.15, -0.1) is 0 Å². The van der Waals surface area contributed by atoms with E-state index in [4.69, 9.17) is 9.47 Å². The minimum atomic E-state index is -0.920. The predicted molar refractivity (Wildman–Crippen MR) is 64.8 cm³/mol. The maximum atomic E-state index is 11.8. The minimum Gasteiger partial charge on any atom is -0.469 e. The van der Waals surface area contributed by atoms with Gasteiger partial charge in [-0.2, -0.15) is 0 Å². The van der Waals surface area contributed by atoms with Gasteiger partial charge in [0.15, 0.2) is 0 Å². The molecule has 0 heterocycles. The summed E-state index contributed by atoms with van der Waals surface area (Å²) in [6.45, 7) is 5.33. The molecule has 0 aromatic heterocycles. The zero-order chi connectivity index (χ0) is 14.0. The van der Waals surface area contributed by atoms with Crippen molar-refractivity contribution in [1.82, 2.24) is 0 Å². The summed E-state index contributed by atoms with van der Waals surface area (Å²) in [5, 5.41) is 9.59. The van der Waals surface area contributed by atoms with Crippen molar-refractivity contribution in [2.24, 2.45) is 5.41 Å². The molecule has 1 fully saturated rings. The van der Waals surface area contributed by atoms with Gasteiger partial charge in [-0.25, -0.2) is 0 Å². The van der Waals surface area contributed by atoms with Crippen LogP contribution in [0.1, 0.15) is 46.5 Å². The van der Waals surface area contributed by atoms with Crippen LogP contribution in [0.4, 0.5) is 0 Å². The van der Waals surface area contributed by atoms with Crippen LogP contribution >= 0.6 is 0 Å². The average Bonchev–Trinajstić information content (AvgIpc) is 2.57. The second kappa shape index (κ2) is 5.26. The maximum Gasteiger partial charge on any atom is 0.312 e. The van der Waals surface area contributed by atoms with Crippen LogP contribution in [0.3, 0.4) is 0 Å². The number of aliphatic hydroxyl groups excluding tert-OH is 1. The fourth-order valence-corrected chi connectivity index (χ4v) is 2.39. The van der Waals surface area contributed by atoms with Crippen molar-refractivity contribution in [3.8, 4) is 0 Å². The van der Waals surface area contributed by atoms with E-state index in [9.17, 15) is 14.7 Å². The molecule has 0 saturated heterocycles. The van der Waals surface area contributed by atoms with Gasteiger partial charge in [-0.3, -0.25) is 9.59 Å². The van der Waals surface area contributed by atoms with Crippen LogP contribution in [0, 0.1) is 5.41 Å². The molecule has 1 rings (SSSR count). The molecule has 0 amide bonds. The average molecular weight is 258 g/mol. The highest BCUT2D eigenvalue weighted by Gasteiger charge is 2.48. The van der Waals surface area contributed by atoms with E-state index in [1.54, 1.807) is 20.8 Å². The molecule has 1 aliphatic carbocycles. The zero-order valence-corrected chi connectivity index (χ0v) is 11.5. The van der Waals surface area contributed by atoms with Gasteiger partial charge in [0.1, 0.15) is 5.60 Å². The smallest absolute Gasteiger partial charge is 0.312 e. The summed E-state index contributed by atoms with van der Waals surface area (Å²) in [5.74, 6) is -0.869. The number of methoxy groups -OCH3 is 1. The molecule has 104 valence electrons. The van der Waals surface area contributed by atoms with Crippen LogP contribution in [0.25, 0.3) is 0 Å². The lowest BCUT2D eigenvalue weighted by atomic mass is 9.82. The third-order valence-electron chi connectivity index (χ3n) is 3.10. The van der Waals surface area contributed by atoms with E-state index in [0.29, 0.717) is 12.8 Å². The first-order valence-corrected chi connectivity index (χ1v) is 6.17. The summed E-state index contributed by atoms with van der Waals surface area (Å²) in [5.41, 5.74) is -1.50. The number of esters is 2. The monoisotopic (exact) mass is 258 g/mol. The van der Waals surface area contributed by atoms with Gasteiger partial charge in [0.25, 0.3) is 0 Å². The van der Waals surface area contributed by atoms with Crippen molar-refractivity contribution in [1.29, 1.82) is 0 Å². The van der Waals surface area contributed by atoms with Gasteiger partial charge < -0.3 is 14.6 Å². The summed E-state index contributed by atoms with van der Waals surface area (Å²) in [7, 11) is 1.30. The topological polar surface area (TPSA) is 72.8 Å². The molecular weight excluding hydrogens is 236 g/mol. The number of ether oxygens (including phenoxy) is 2. The minimum absolute atomic E-state index is 0.0337. The van der Waals surface area contributed by atoms with Crippen molar-refractivity contribution >= 4 is 11.9 Å². The maximum absolute atomic E-state index is 11.8. The Morgan fingerprint density at radius 1 is 1.39 bits per heavy atom. The van der Waals surface area contributed by atoms with Crippen LogP contribution in [-0.2, 0) is 19.1 Å². The second-order valence-corrected chi connectivity index (χ2v) is 5.93. The number of rotatable bonds is 3. The molecule has 5 heteroatoms. The van der Waals surface area contributed by atoms with E-state index in [1.165, 1.54) is 7.11 Å². The number of carbonyl (C=O) groups excluding carboxylic acids is 2. The molecule has 1 aliphatic rings. The lowest BCUT2D eigenvalue weighted by Gasteiger charge is -2.27. The Kier molecular flexibility index (Phi) is 4.37. The fourth-order valence-electron chi connectivity index (χ4n) is 2.39. The Morgan fingerprint density at radius 2 is 2.00 bits per heavy atom. The van der Waals surface area contributed by atoms with Gasteiger partial charge in [0.2, 0.25) is 0 Å². The highest BCUT2D eigenvalue weighted by Crippen LogP contribution is 2.42. The van der Waals surface area contributed by atoms with Crippen molar-refractivity contribution in [3.05, 3.63) is 0 Å². The van der Waals surface area contributed by atoms with Crippen molar-refractivity contribution < 1.29 is 24.2 Å². The van der Waals surface area contributed by atoms with E-state index >= 15 is 0 Å². The first-order valence-electron chi connectivity index (χ1n) is 6.17. The Morgan fingerprint density at radius 3 is 2.39 bits per heavy atom. The largest absolute Gasteiger partial charge is 0.469 e. The van der Waals surface area contributed by atoms with Gasteiger partial charge in [-0.1, -0.05) is 0 Å². The third-order valence-corrected chi connectivity index (χ3v) is 3.10. The van der Waals surface area contributed by atoms with Crippen LogP contribution in [0.15, 0.2) is 0 Å². The molecular formula is C13H22O5. The molecule has 0 aliphatic heterocycles. The van der Waals surface area contributed by atoms with Gasteiger partial charge in [-0.05, 0) is 40.0 Å². The molecule has 2 atom stereocenters. The van der Waals surface area contributed by atoms with E-state index in [2.05, 4.69) is 0 Å². The Hall–Kier alpha value is -1.10. The Balaban J connectivity index is 2.75. The molecule has 0 radical (unpaired) electrons. The van der Waals surface area contributed by atoms with E-state index < -0.39 is 29.1 Å². The zero-order valence-electron chi connectivity index (χ0n) is 11.5. The standard InChI is InChI=1S/C13H22O5/c1-12(2,3)18-10(15)8-13(11(16)17-4)6-5-9(14)7-13/h9,14H,5-8H2,1-4H3. The van der Waals surface area contributed by atoms with Gasteiger partial charge >= 0.3 is 11.9 Å². The number of carbonyl (C=O) groups is 2. The van der Waals surface area contributed by atoms with Crippen molar-refractivity contribution in [2.45, 2.75) is 58.2 Å². The highest BCUT2D eigenvalue weighted by atomic mass is 16.6. The lowest BCUT2D eigenvalue weighted by Crippen LogP contribution is -2.35. The Bertz CT molecular complexity index is 331. The van der Waals surface area contributed by atoms with E-state index in [1.807, 2.05) is 0 Å². The summed E-state index contributed by atoms with van der Waals surface area (Å²) >= 11 is 0. The third kappa shape index (κ3) is 3.70. The molecule has 18 heavy (non-hydrogen) atoms. The molecule has 0 aromatic carbocycles. The molecule has 0 spiro atoms.